The number of likely N-dealkylation sites (N-methyl/N-ethyl adjacent to an activating group) is 1. The molecular weight excluding hydrogens is 472 g/mol. The summed E-state index contributed by atoms with van der Waals surface area (Å²) in [5.74, 6) is -2.06. The Morgan fingerprint density at radius 2 is 2.12 bits per heavy atom. The van der Waals surface area contributed by atoms with Gasteiger partial charge >= 0.3 is 0 Å². The Balaban J connectivity index is 0.00000306. The number of β-lactam (4-membered cyclic amide) rings is 1. The van der Waals surface area contributed by atoms with Crippen molar-refractivity contribution in [2.45, 2.75) is 24.3 Å². The van der Waals surface area contributed by atoms with Crippen LogP contribution in [0.25, 0.3) is 0 Å². The van der Waals surface area contributed by atoms with E-state index in [0.717, 1.165) is 41.8 Å². The van der Waals surface area contributed by atoms with Crippen molar-refractivity contribution in [1.82, 2.24) is 15.2 Å². The van der Waals surface area contributed by atoms with E-state index >= 15 is 0 Å². The molecule has 0 saturated carbocycles. The number of likely N-dealkylation sites (tertiary alicyclic amines) is 1. The Kier molecular flexibility index (Phi) is 7.31. The zero-order chi connectivity index (χ0) is 23.0. The van der Waals surface area contributed by atoms with E-state index in [1.54, 1.807) is 5.38 Å². The number of carboxylic acids is 1. The first kappa shape index (κ1) is 25.0. The molecule has 0 aliphatic carbocycles. The second-order valence-corrected chi connectivity index (χ2v) is 10.2. The normalized spacial score (nSPS) is 24.0. The molecule has 1 aromatic rings. The predicted molar refractivity (Wildman–Crippen MR) is 121 cm³/mol. The number of nitrogens with zero attached hydrogens (tertiary/aromatic N) is 4. The summed E-state index contributed by atoms with van der Waals surface area (Å²) in [6.45, 7) is 2.53. The summed E-state index contributed by atoms with van der Waals surface area (Å²) < 4.78 is 0.757. The van der Waals surface area contributed by atoms with Gasteiger partial charge in [0.2, 0.25) is 0 Å². The van der Waals surface area contributed by atoms with Crippen LogP contribution in [0.1, 0.15) is 18.5 Å². The number of carbonyl (C=O) groups is 3. The molecule has 5 N–H and O–H groups in total. The molecule has 2 saturated heterocycles. The fraction of sp³-hybridized carbons (Fsp3) is 0.526. The lowest BCUT2D eigenvalue weighted by molar-refractivity contribution is -0.893. The van der Waals surface area contributed by atoms with Crippen LogP contribution >= 0.6 is 23.1 Å². The highest BCUT2D eigenvalue weighted by molar-refractivity contribution is 8.00. The van der Waals surface area contributed by atoms with Crippen molar-refractivity contribution in [3.05, 3.63) is 22.3 Å². The van der Waals surface area contributed by atoms with Crippen LogP contribution < -0.4 is 16.2 Å². The molecule has 3 aliphatic heterocycles. The maximum Gasteiger partial charge on any atom is 0.276 e. The van der Waals surface area contributed by atoms with Gasteiger partial charge in [-0.25, -0.2) is 4.98 Å². The number of anilines is 1. The Labute approximate surface area is 198 Å². The molecule has 0 radical (unpaired) electrons. The van der Waals surface area contributed by atoms with Crippen LogP contribution in [0.2, 0.25) is 0 Å². The van der Waals surface area contributed by atoms with Crippen LogP contribution in [0, 0.1) is 0 Å². The van der Waals surface area contributed by atoms with Crippen molar-refractivity contribution in [1.29, 1.82) is 0 Å². The van der Waals surface area contributed by atoms with E-state index in [4.69, 9.17) is 10.6 Å². The van der Waals surface area contributed by atoms with Gasteiger partial charge in [-0.2, -0.15) is 0 Å². The van der Waals surface area contributed by atoms with Crippen molar-refractivity contribution < 1.29 is 34.3 Å². The van der Waals surface area contributed by atoms with Gasteiger partial charge in [-0.3, -0.25) is 14.5 Å². The molecule has 4 rings (SSSR count). The van der Waals surface area contributed by atoms with Gasteiger partial charge in [0.05, 0.1) is 31.8 Å². The van der Waals surface area contributed by atoms with Crippen LogP contribution in [0.3, 0.4) is 0 Å². The lowest BCUT2D eigenvalue weighted by Gasteiger charge is -2.51. The second kappa shape index (κ2) is 9.67. The van der Waals surface area contributed by atoms with Gasteiger partial charge in [0, 0.05) is 29.5 Å². The van der Waals surface area contributed by atoms with Gasteiger partial charge in [0.25, 0.3) is 11.8 Å². The first-order chi connectivity index (χ1) is 15.2. The van der Waals surface area contributed by atoms with Gasteiger partial charge in [0.1, 0.15) is 30.8 Å². The minimum Gasteiger partial charge on any atom is -0.543 e. The number of carboxylic acid groups (broad SMARTS) is 1. The highest BCUT2D eigenvalue weighted by Crippen LogP contribution is 2.41. The summed E-state index contributed by atoms with van der Waals surface area (Å²) in [7, 11) is 3.39. The monoisotopic (exact) mass is 498 g/mol. The van der Waals surface area contributed by atoms with E-state index in [-0.39, 0.29) is 27.7 Å². The van der Waals surface area contributed by atoms with Gasteiger partial charge in [0.15, 0.2) is 10.8 Å². The van der Waals surface area contributed by atoms with E-state index < -0.39 is 29.2 Å². The third-order valence-corrected chi connectivity index (χ3v) is 7.92. The molecule has 2 fully saturated rings. The number of rotatable bonds is 7. The number of nitrogen functional groups attached to an aromatic ring is 1. The number of nitrogens with one attached hydrogen (secondary N) is 1. The Bertz CT molecular complexity index is 1020. The van der Waals surface area contributed by atoms with Crippen LogP contribution in [0.5, 0.6) is 0 Å². The maximum atomic E-state index is 12.9. The number of amides is 2. The second-order valence-electron chi connectivity index (χ2n) is 8.23. The third-order valence-electron chi connectivity index (χ3n) is 5.91. The smallest absolute Gasteiger partial charge is 0.276 e. The zero-order valence-corrected chi connectivity index (χ0v) is 19.8. The first-order valence-corrected chi connectivity index (χ1v) is 12.0. The van der Waals surface area contributed by atoms with Gasteiger partial charge in [-0.1, -0.05) is 5.16 Å². The van der Waals surface area contributed by atoms with Crippen LogP contribution in [-0.2, 0) is 19.2 Å². The van der Waals surface area contributed by atoms with E-state index in [2.05, 4.69) is 22.5 Å². The lowest BCUT2D eigenvalue weighted by atomic mass is 10.0. The molecule has 4 heterocycles. The molecule has 180 valence electrons. The molecule has 1 aromatic heterocycles. The van der Waals surface area contributed by atoms with Gasteiger partial charge in [-0.05, 0) is 0 Å². The summed E-state index contributed by atoms with van der Waals surface area (Å²) in [5.41, 5.74) is 6.39. The van der Waals surface area contributed by atoms with Crippen molar-refractivity contribution in [3.8, 4) is 0 Å². The molecular formula is C19H26N6O6S2. The number of quaternary nitrogens is 1. The molecule has 0 aromatic carbocycles. The topological polar surface area (TPSA) is 182 Å². The average molecular weight is 499 g/mol. The standard InChI is InChI=1S/C19H24N6O5S2.H2O/c1-25(5-3-4-6-25)7-10-8-31-17-13(16(27)24(17)14(10)18(28)29)22-15(26)12(23-30-2)11-9-32-19(20)21-11;/h9,13,17H,3-8H2,1-2H3,(H3-,20,21,22,26,28,29);1H2/b23-12-;/t13-,17-;/m1./s1. The summed E-state index contributed by atoms with van der Waals surface area (Å²) in [4.78, 5) is 47.7. The fourth-order valence-corrected chi connectivity index (χ4v) is 6.30. The van der Waals surface area contributed by atoms with Crippen LogP contribution in [0.15, 0.2) is 21.8 Å². The Morgan fingerprint density at radius 3 is 2.70 bits per heavy atom. The quantitative estimate of drug-likeness (QED) is 0.185. The third kappa shape index (κ3) is 4.69. The molecule has 14 heteroatoms. The number of hydrogen-bond donors (Lipinski definition) is 2. The Morgan fingerprint density at radius 1 is 1.42 bits per heavy atom. The van der Waals surface area contributed by atoms with Gasteiger partial charge in [-0.15, -0.1) is 23.1 Å². The summed E-state index contributed by atoms with van der Waals surface area (Å²) >= 11 is 2.57. The number of hydrogen-bond acceptors (Lipinski definition) is 10. The lowest BCUT2D eigenvalue weighted by Crippen LogP contribution is -2.71. The molecule has 0 spiro atoms. The van der Waals surface area contributed by atoms with Crippen molar-refractivity contribution in [2.75, 3.05) is 45.3 Å². The fourth-order valence-electron chi connectivity index (χ4n) is 4.41. The van der Waals surface area contributed by atoms with E-state index in [1.165, 1.54) is 23.8 Å². The van der Waals surface area contributed by atoms with Crippen LogP contribution in [0.4, 0.5) is 5.13 Å². The molecule has 3 aliphatic rings. The number of oxime groups is 1. The highest BCUT2D eigenvalue weighted by atomic mass is 32.2. The number of aromatic nitrogens is 1. The molecule has 33 heavy (non-hydrogen) atoms. The molecule has 2 amide bonds. The summed E-state index contributed by atoms with van der Waals surface area (Å²) in [5, 5.41) is 19.6. The minimum atomic E-state index is -1.37. The average Bonchev–Trinajstić information content (AvgIpc) is 3.37. The maximum absolute atomic E-state index is 12.9. The highest BCUT2D eigenvalue weighted by Gasteiger charge is 2.53. The largest absolute Gasteiger partial charge is 0.543 e. The summed E-state index contributed by atoms with van der Waals surface area (Å²) in [6.07, 6.45) is 2.21. The number of carbonyl (C=O) groups excluding carboxylic acids is 3. The number of thiazole rings is 1. The number of fused-ring (bicyclic) bond motifs is 1. The molecule has 0 unspecified atom stereocenters. The zero-order valence-electron chi connectivity index (χ0n) is 18.2. The number of thioether (sulfide) groups is 1. The Hall–Kier alpha value is -2.68. The van der Waals surface area contributed by atoms with E-state index in [1.807, 2.05) is 0 Å². The predicted octanol–water partition coefficient (Wildman–Crippen LogP) is -2.10. The van der Waals surface area contributed by atoms with Crippen molar-refractivity contribution in [2.24, 2.45) is 5.16 Å². The van der Waals surface area contributed by atoms with Gasteiger partial charge < -0.3 is 35.7 Å². The number of aliphatic carboxylic acids is 1. The van der Waals surface area contributed by atoms with Crippen molar-refractivity contribution >= 4 is 51.7 Å². The number of nitrogens with two attached hydrogens (primary N) is 1. The minimum absolute atomic E-state index is 0. The molecule has 12 nitrogen and oxygen atoms in total. The first-order valence-electron chi connectivity index (χ1n) is 10.1. The van der Waals surface area contributed by atoms with Crippen molar-refractivity contribution in [3.63, 3.8) is 0 Å². The van der Waals surface area contributed by atoms with E-state index in [9.17, 15) is 19.5 Å². The van der Waals surface area contributed by atoms with Crippen LogP contribution in [-0.4, -0.2) is 94.3 Å². The van der Waals surface area contributed by atoms with E-state index in [0.29, 0.717) is 17.9 Å². The SMILES string of the molecule is CO/N=C(\C(=O)N[C@@H]1C(=O)N2C(C(=O)[O-])=C(C[N+]3(C)CCCC3)CS[C@H]12)c1csc(N)n1.O. The molecule has 0 bridgehead atoms. The molecule has 2 atom stereocenters. The summed E-state index contributed by atoms with van der Waals surface area (Å²) in [6, 6.07) is -0.891.